The number of aromatic nitrogens is 1. The number of likely N-dealkylation sites (tertiary alicyclic amines) is 1. The fourth-order valence-corrected chi connectivity index (χ4v) is 4.90. The smallest absolute Gasteiger partial charge is 0.410 e. The summed E-state index contributed by atoms with van der Waals surface area (Å²) in [5, 5.41) is 12.9. The van der Waals surface area contributed by atoms with Gasteiger partial charge in [0.1, 0.15) is 18.2 Å². The zero-order valence-corrected chi connectivity index (χ0v) is 24.3. The number of benzene rings is 2. The van der Waals surface area contributed by atoms with Crippen LogP contribution in [0, 0.1) is 0 Å². The standard InChI is InChI=1S/C31H38N4O7/c1-31(2,3)42-30(38)35-15-7-10-25(35)29(37)33-22(17-21-18-32-24-9-6-5-8-23(21)24)19-41-26-13-11-20(16-27(26)40-4)12-14-28(36)34-39/h5-6,8-9,11-14,16,18,22,25,32,39H,7,10,15,17,19H2,1-4H3,(H,33,37)(H,34,36)/b14-12+/t22-,25-/m0/s1. The van der Waals surface area contributed by atoms with Crippen LogP contribution in [0.2, 0.25) is 0 Å². The molecule has 42 heavy (non-hydrogen) atoms. The molecule has 2 heterocycles. The number of rotatable bonds is 10. The highest BCUT2D eigenvalue weighted by atomic mass is 16.6. The van der Waals surface area contributed by atoms with E-state index in [-0.39, 0.29) is 12.5 Å². The summed E-state index contributed by atoms with van der Waals surface area (Å²) in [6.45, 7) is 5.98. The molecule has 11 heteroatoms. The Morgan fingerprint density at radius 1 is 1.17 bits per heavy atom. The second kappa shape index (κ2) is 13.4. The molecule has 1 aliphatic rings. The fraction of sp³-hybridized carbons (Fsp3) is 0.387. The van der Waals surface area contributed by atoms with Crippen LogP contribution in [0.4, 0.5) is 4.79 Å². The summed E-state index contributed by atoms with van der Waals surface area (Å²) >= 11 is 0. The molecule has 2 atom stereocenters. The molecule has 1 aliphatic heterocycles. The highest BCUT2D eigenvalue weighted by Crippen LogP contribution is 2.29. The van der Waals surface area contributed by atoms with Gasteiger partial charge in [0.25, 0.3) is 5.91 Å². The van der Waals surface area contributed by atoms with Gasteiger partial charge in [-0.15, -0.1) is 0 Å². The number of carbonyl (C=O) groups is 3. The maximum Gasteiger partial charge on any atom is 0.410 e. The number of ether oxygens (including phenoxy) is 3. The SMILES string of the molecule is COc1cc(/C=C/C(=O)NO)ccc1OC[C@H](Cc1c[nH]c2ccccc12)NC(=O)[C@@H]1CCCN1C(=O)OC(C)(C)C. The first-order valence-electron chi connectivity index (χ1n) is 13.9. The van der Waals surface area contributed by atoms with Gasteiger partial charge in [0.15, 0.2) is 11.5 Å². The number of nitrogens with zero attached hydrogens (tertiary/aromatic N) is 1. The van der Waals surface area contributed by atoms with E-state index in [9.17, 15) is 14.4 Å². The summed E-state index contributed by atoms with van der Waals surface area (Å²) < 4.78 is 17.2. The number of hydroxylamine groups is 1. The monoisotopic (exact) mass is 578 g/mol. The molecular formula is C31H38N4O7. The Hall–Kier alpha value is -4.51. The summed E-state index contributed by atoms with van der Waals surface area (Å²) in [5.41, 5.74) is 3.55. The lowest BCUT2D eigenvalue weighted by Crippen LogP contribution is -2.51. The number of carbonyl (C=O) groups excluding carboxylic acids is 3. The van der Waals surface area contributed by atoms with Crippen LogP contribution in [0.25, 0.3) is 17.0 Å². The predicted molar refractivity (Wildman–Crippen MR) is 157 cm³/mol. The van der Waals surface area contributed by atoms with Gasteiger partial charge in [-0.05, 0) is 75.4 Å². The minimum atomic E-state index is -0.665. The van der Waals surface area contributed by atoms with Crippen molar-refractivity contribution >= 4 is 34.9 Å². The number of hydrogen-bond donors (Lipinski definition) is 4. The number of H-pyrrole nitrogens is 1. The molecule has 0 spiro atoms. The molecule has 3 aromatic rings. The van der Waals surface area contributed by atoms with E-state index in [1.807, 2.05) is 30.5 Å². The van der Waals surface area contributed by atoms with Gasteiger partial charge in [-0.25, -0.2) is 10.3 Å². The molecular weight excluding hydrogens is 540 g/mol. The molecule has 0 radical (unpaired) electrons. The highest BCUT2D eigenvalue weighted by molar-refractivity contribution is 5.91. The first kappa shape index (κ1) is 30.4. The number of nitrogens with one attached hydrogen (secondary N) is 3. The van der Waals surface area contributed by atoms with Crippen LogP contribution in [0.3, 0.4) is 0 Å². The second-order valence-electron chi connectivity index (χ2n) is 11.1. The minimum absolute atomic E-state index is 0.128. The molecule has 1 saturated heterocycles. The van der Waals surface area contributed by atoms with Crippen molar-refractivity contribution in [1.82, 2.24) is 20.7 Å². The number of amides is 3. The van der Waals surface area contributed by atoms with Crippen molar-refractivity contribution in [1.29, 1.82) is 0 Å². The van der Waals surface area contributed by atoms with E-state index >= 15 is 0 Å². The summed E-state index contributed by atoms with van der Waals surface area (Å²) in [4.78, 5) is 42.5. The van der Waals surface area contributed by atoms with Crippen molar-refractivity contribution in [3.8, 4) is 11.5 Å². The summed E-state index contributed by atoms with van der Waals surface area (Å²) in [5.74, 6) is -0.0274. The summed E-state index contributed by atoms with van der Waals surface area (Å²) in [6.07, 6.45) is 5.87. The van der Waals surface area contributed by atoms with Crippen molar-refractivity contribution in [2.24, 2.45) is 0 Å². The van der Waals surface area contributed by atoms with E-state index in [1.54, 1.807) is 44.5 Å². The molecule has 3 amide bonds. The lowest BCUT2D eigenvalue weighted by atomic mass is 10.0. The van der Waals surface area contributed by atoms with Crippen molar-refractivity contribution < 1.29 is 33.8 Å². The van der Waals surface area contributed by atoms with Gasteiger partial charge in [-0.2, -0.15) is 0 Å². The minimum Gasteiger partial charge on any atom is -0.493 e. The molecule has 0 aliphatic carbocycles. The van der Waals surface area contributed by atoms with Crippen LogP contribution in [-0.4, -0.2) is 70.9 Å². The topological polar surface area (TPSA) is 142 Å². The lowest BCUT2D eigenvalue weighted by Gasteiger charge is -2.29. The van der Waals surface area contributed by atoms with E-state index in [1.165, 1.54) is 24.2 Å². The molecule has 11 nitrogen and oxygen atoms in total. The maximum absolute atomic E-state index is 13.6. The number of hydrogen-bond acceptors (Lipinski definition) is 7. The van der Waals surface area contributed by atoms with Crippen LogP contribution in [0.15, 0.2) is 54.7 Å². The van der Waals surface area contributed by atoms with Gasteiger partial charge in [0.2, 0.25) is 5.91 Å². The normalized spacial score (nSPS) is 15.9. The Morgan fingerprint density at radius 3 is 2.69 bits per heavy atom. The fourth-order valence-electron chi connectivity index (χ4n) is 4.90. The van der Waals surface area contributed by atoms with Gasteiger partial charge in [-0.3, -0.25) is 19.7 Å². The molecule has 224 valence electrons. The van der Waals surface area contributed by atoms with Crippen molar-refractivity contribution in [3.63, 3.8) is 0 Å². The third-order valence-corrected chi connectivity index (χ3v) is 6.84. The van der Waals surface area contributed by atoms with E-state index in [2.05, 4.69) is 10.3 Å². The second-order valence-corrected chi connectivity index (χ2v) is 11.1. The van der Waals surface area contributed by atoms with Crippen molar-refractivity contribution in [3.05, 3.63) is 65.9 Å². The number of methoxy groups -OCH3 is 1. The Labute approximate surface area is 244 Å². The van der Waals surface area contributed by atoms with Gasteiger partial charge >= 0.3 is 6.09 Å². The van der Waals surface area contributed by atoms with Gasteiger partial charge in [0.05, 0.1) is 13.2 Å². The Morgan fingerprint density at radius 2 is 1.95 bits per heavy atom. The maximum atomic E-state index is 13.6. The van der Waals surface area contributed by atoms with E-state index in [0.29, 0.717) is 42.9 Å². The molecule has 0 saturated carbocycles. The Balaban J connectivity index is 1.52. The first-order valence-corrected chi connectivity index (χ1v) is 13.9. The predicted octanol–water partition coefficient (Wildman–Crippen LogP) is 4.20. The molecule has 4 rings (SSSR count). The Bertz CT molecular complexity index is 1440. The summed E-state index contributed by atoms with van der Waals surface area (Å²) in [6, 6.07) is 12.0. The third kappa shape index (κ3) is 7.82. The average molecular weight is 579 g/mol. The average Bonchev–Trinajstić information content (AvgIpc) is 3.62. The highest BCUT2D eigenvalue weighted by Gasteiger charge is 2.37. The van der Waals surface area contributed by atoms with E-state index in [0.717, 1.165) is 16.5 Å². The largest absolute Gasteiger partial charge is 0.493 e. The molecule has 1 aromatic heterocycles. The zero-order valence-electron chi connectivity index (χ0n) is 24.3. The van der Waals surface area contributed by atoms with E-state index in [4.69, 9.17) is 19.4 Å². The zero-order chi connectivity index (χ0) is 30.3. The van der Waals surface area contributed by atoms with E-state index < -0.39 is 29.7 Å². The third-order valence-electron chi connectivity index (χ3n) is 6.84. The van der Waals surface area contributed by atoms with Crippen molar-refractivity contribution in [2.45, 2.75) is 57.7 Å². The van der Waals surface area contributed by atoms with Crippen LogP contribution >= 0.6 is 0 Å². The van der Waals surface area contributed by atoms with Crippen LogP contribution in [0.1, 0.15) is 44.7 Å². The van der Waals surface area contributed by atoms with Gasteiger partial charge in [-0.1, -0.05) is 24.3 Å². The summed E-state index contributed by atoms with van der Waals surface area (Å²) in [7, 11) is 1.51. The molecule has 1 fully saturated rings. The molecule has 0 bridgehead atoms. The van der Waals surface area contributed by atoms with Gasteiger partial charge < -0.3 is 24.5 Å². The quantitative estimate of drug-likeness (QED) is 0.160. The Kier molecular flexibility index (Phi) is 9.74. The van der Waals surface area contributed by atoms with Crippen LogP contribution in [-0.2, 0) is 20.7 Å². The molecule has 2 aromatic carbocycles. The number of para-hydroxylation sites is 1. The number of aromatic amines is 1. The van der Waals surface area contributed by atoms with Crippen LogP contribution in [0.5, 0.6) is 11.5 Å². The first-order chi connectivity index (χ1) is 20.1. The lowest BCUT2D eigenvalue weighted by molar-refractivity contribution is -0.126. The number of fused-ring (bicyclic) bond motifs is 1. The van der Waals surface area contributed by atoms with Crippen molar-refractivity contribution in [2.75, 3.05) is 20.3 Å². The van der Waals surface area contributed by atoms with Gasteiger partial charge in [0, 0.05) is 29.7 Å². The molecule has 4 N–H and O–H groups in total. The molecule has 0 unspecified atom stereocenters. The van der Waals surface area contributed by atoms with Crippen LogP contribution < -0.4 is 20.3 Å².